The molecule has 1 amide bonds. The smallest absolute Gasteiger partial charge is 0.252 e. The number of rotatable bonds is 9. The maximum Gasteiger partial charge on any atom is 0.252 e. The van der Waals surface area contributed by atoms with Gasteiger partial charge in [-0.2, -0.15) is 0 Å². The van der Waals surface area contributed by atoms with Crippen molar-refractivity contribution in [3.05, 3.63) is 69.7 Å². The van der Waals surface area contributed by atoms with Crippen LogP contribution in [0.3, 0.4) is 0 Å². The Hall–Kier alpha value is -2.51. The van der Waals surface area contributed by atoms with Crippen molar-refractivity contribution >= 4 is 29.0 Å². The molecular formula is C24H28N2O3S2. The van der Waals surface area contributed by atoms with E-state index in [1.165, 1.54) is 0 Å². The highest BCUT2D eigenvalue weighted by Gasteiger charge is 2.17. The molecule has 31 heavy (non-hydrogen) atoms. The molecule has 3 aromatic rings. The zero-order valence-electron chi connectivity index (χ0n) is 18.5. The number of amides is 1. The van der Waals surface area contributed by atoms with E-state index >= 15 is 0 Å². The third-order valence-electron chi connectivity index (χ3n) is 4.57. The van der Waals surface area contributed by atoms with E-state index in [0.29, 0.717) is 17.1 Å². The quantitative estimate of drug-likeness (QED) is 0.398. The van der Waals surface area contributed by atoms with Crippen LogP contribution in [0.1, 0.15) is 53.4 Å². The van der Waals surface area contributed by atoms with Crippen molar-refractivity contribution in [2.24, 2.45) is 0 Å². The number of nitrogens with zero attached hydrogens (tertiary/aromatic N) is 1. The number of thiazole rings is 1. The number of aromatic nitrogens is 1. The average Bonchev–Trinajstić information content (AvgIpc) is 3.17. The maximum absolute atomic E-state index is 13.0. The van der Waals surface area contributed by atoms with Gasteiger partial charge >= 0.3 is 0 Å². The van der Waals surface area contributed by atoms with E-state index in [0.717, 1.165) is 26.9 Å². The van der Waals surface area contributed by atoms with Crippen molar-refractivity contribution in [2.75, 3.05) is 7.11 Å². The summed E-state index contributed by atoms with van der Waals surface area (Å²) in [6.45, 7) is 7.91. The number of ether oxygens (including phenoxy) is 2. The molecule has 0 spiro atoms. The normalized spacial score (nSPS) is 11.9. The highest BCUT2D eigenvalue weighted by atomic mass is 32.2. The van der Waals surface area contributed by atoms with Crippen LogP contribution in [-0.4, -0.2) is 24.1 Å². The Morgan fingerprint density at radius 3 is 2.61 bits per heavy atom. The third kappa shape index (κ3) is 6.24. The second-order valence-corrected chi connectivity index (χ2v) is 9.49. The number of hydrogen-bond acceptors (Lipinski definition) is 6. The van der Waals surface area contributed by atoms with Crippen molar-refractivity contribution in [1.82, 2.24) is 10.3 Å². The van der Waals surface area contributed by atoms with Gasteiger partial charge in [0.15, 0.2) is 11.5 Å². The number of carbonyl (C=O) groups excluding carboxylic acids is 1. The molecular weight excluding hydrogens is 428 g/mol. The molecule has 7 heteroatoms. The van der Waals surface area contributed by atoms with Gasteiger partial charge in [-0.25, -0.2) is 4.98 Å². The minimum absolute atomic E-state index is 0.0547. The molecule has 0 fully saturated rings. The molecule has 0 aliphatic heterocycles. The van der Waals surface area contributed by atoms with Crippen LogP contribution < -0.4 is 14.8 Å². The van der Waals surface area contributed by atoms with E-state index in [2.05, 4.69) is 15.7 Å². The van der Waals surface area contributed by atoms with E-state index in [4.69, 9.17) is 9.47 Å². The summed E-state index contributed by atoms with van der Waals surface area (Å²) in [7, 11) is 1.62. The van der Waals surface area contributed by atoms with E-state index in [-0.39, 0.29) is 18.1 Å². The Labute approximate surface area is 192 Å². The predicted molar refractivity (Wildman–Crippen MR) is 127 cm³/mol. The fourth-order valence-electron chi connectivity index (χ4n) is 3.07. The summed E-state index contributed by atoms with van der Waals surface area (Å²) in [5.74, 6) is 1.98. The van der Waals surface area contributed by atoms with Crippen molar-refractivity contribution in [2.45, 2.75) is 50.5 Å². The van der Waals surface area contributed by atoms with E-state index in [1.807, 2.05) is 70.2 Å². The number of aryl methyl sites for hydroxylation is 1. The average molecular weight is 457 g/mol. The molecule has 164 valence electrons. The SMILES string of the molecule is COc1cc(C(C)NC(=O)c2ccccc2SCc2csc(C)n2)ccc1OC(C)C. The zero-order chi connectivity index (χ0) is 22.4. The second-order valence-electron chi connectivity index (χ2n) is 7.41. The lowest BCUT2D eigenvalue weighted by atomic mass is 10.1. The molecule has 1 heterocycles. The van der Waals surface area contributed by atoms with Crippen molar-refractivity contribution in [3.8, 4) is 11.5 Å². The Morgan fingerprint density at radius 1 is 1.16 bits per heavy atom. The van der Waals surface area contributed by atoms with Crippen LogP contribution in [0.5, 0.6) is 11.5 Å². The third-order valence-corrected chi connectivity index (χ3v) is 6.50. The van der Waals surface area contributed by atoms with Gasteiger partial charge in [0.2, 0.25) is 0 Å². The van der Waals surface area contributed by atoms with Gasteiger partial charge in [0.25, 0.3) is 5.91 Å². The first-order chi connectivity index (χ1) is 14.9. The Kier molecular flexibility index (Phi) is 7.98. The molecule has 2 aromatic carbocycles. The topological polar surface area (TPSA) is 60.5 Å². The number of carbonyl (C=O) groups is 1. The Balaban J connectivity index is 1.71. The first-order valence-corrected chi connectivity index (χ1v) is 12.0. The standard InChI is InChI=1S/C24H28N2O3S2/c1-15(2)29-21-11-10-18(12-22(21)28-5)16(3)25-24(27)20-8-6-7-9-23(20)31-14-19-13-30-17(4)26-19/h6-13,15-16H,14H2,1-5H3,(H,25,27). The van der Waals surface area contributed by atoms with Gasteiger partial charge in [-0.05, 0) is 57.5 Å². The number of hydrogen-bond donors (Lipinski definition) is 1. The molecule has 0 saturated carbocycles. The lowest BCUT2D eigenvalue weighted by molar-refractivity contribution is 0.0937. The summed E-state index contributed by atoms with van der Waals surface area (Å²) >= 11 is 3.27. The molecule has 0 bridgehead atoms. The monoisotopic (exact) mass is 456 g/mol. The number of methoxy groups -OCH3 is 1. The Morgan fingerprint density at radius 2 is 1.94 bits per heavy atom. The first kappa shape index (κ1) is 23.2. The fourth-order valence-corrected chi connectivity index (χ4v) is 4.73. The van der Waals surface area contributed by atoms with Gasteiger partial charge in [0.1, 0.15) is 0 Å². The lowest BCUT2D eigenvalue weighted by Crippen LogP contribution is -2.27. The van der Waals surface area contributed by atoms with Crippen LogP contribution in [0.4, 0.5) is 0 Å². The molecule has 3 rings (SSSR count). The summed E-state index contributed by atoms with van der Waals surface area (Å²) in [6, 6.07) is 13.2. The summed E-state index contributed by atoms with van der Waals surface area (Å²) < 4.78 is 11.3. The molecule has 0 radical (unpaired) electrons. The van der Waals surface area contributed by atoms with Gasteiger partial charge in [0, 0.05) is 16.0 Å². The van der Waals surface area contributed by atoms with Crippen LogP contribution in [0.15, 0.2) is 52.7 Å². The molecule has 5 nitrogen and oxygen atoms in total. The molecule has 1 aromatic heterocycles. The van der Waals surface area contributed by atoms with E-state index in [1.54, 1.807) is 30.2 Å². The minimum Gasteiger partial charge on any atom is -0.493 e. The van der Waals surface area contributed by atoms with Gasteiger partial charge in [-0.15, -0.1) is 23.1 Å². The first-order valence-electron chi connectivity index (χ1n) is 10.2. The second kappa shape index (κ2) is 10.7. The number of benzene rings is 2. The fraction of sp³-hybridized carbons (Fsp3) is 0.333. The van der Waals surface area contributed by atoms with Gasteiger partial charge in [-0.3, -0.25) is 4.79 Å². The number of thioether (sulfide) groups is 1. The van der Waals surface area contributed by atoms with Crippen molar-refractivity contribution in [1.29, 1.82) is 0 Å². The largest absolute Gasteiger partial charge is 0.493 e. The van der Waals surface area contributed by atoms with Crippen molar-refractivity contribution < 1.29 is 14.3 Å². The zero-order valence-corrected chi connectivity index (χ0v) is 20.1. The Bertz CT molecular complexity index is 1030. The summed E-state index contributed by atoms with van der Waals surface area (Å²) in [5.41, 5.74) is 2.65. The summed E-state index contributed by atoms with van der Waals surface area (Å²) in [5, 5.41) is 6.22. The van der Waals surface area contributed by atoms with Crippen LogP contribution in [0, 0.1) is 6.92 Å². The highest BCUT2D eigenvalue weighted by Crippen LogP contribution is 2.32. The van der Waals surface area contributed by atoms with Crippen molar-refractivity contribution in [3.63, 3.8) is 0 Å². The van der Waals surface area contributed by atoms with Crippen LogP contribution in [-0.2, 0) is 5.75 Å². The minimum atomic E-state index is -0.186. The predicted octanol–water partition coefficient (Wildman–Crippen LogP) is 6.03. The molecule has 0 aliphatic carbocycles. The van der Waals surface area contributed by atoms with Gasteiger partial charge < -0.3 is 14.8 Å². The molecule has 1 atom stereocenters. The van der Waals surface area contributed by atoms with E-state index in [9.17, 15) is 4.79 Å². The van der Waals surface area contributed by atoms with Crippen LogP contribution in [0.25, 0.3) is 0 Å². The summed E-state index contributed by atoms with van der Waals surface area (Å²) in [4.78, 5) is 18.5. The summed E-state index contributed by atoms with van der Waals surface area (Å²) in [6.07, 6.45) is 0.0547. The van der Waals surface area contributed by atoms with Gasteiger partial charge in [0.05, 0.1) is 35.5 Å². The van der Waals surface area contributed by atoms with E-state index < -0.39 is 0 Å². The maximum atomic E-state index is 13.0. The van der Waals surface area contributed by atoms with Crippen LogP contribution in [0.2, 0.25) is 0 Å². The molecule has 0 saturated heterocycles. The molecule has 1 N–H and O–H groups in total. The molecule has 0 aliphatic rings. The molecule has 1 unspecified atom stereocenters. The number of nitrogens with one attached hydrogen (secondary N) is 1. The highest BCUT2D eigenvalue weighted by molar-refractivity contribution is 7.98. The van der Waals surface area contributed by atoms with Gasteiger partial charge in [-0.1, -0.05) is 18.2 Å². The van der Waals surface area contributed by atoms with Crippen LogP contribution >= 0.6 is 23.1 Å². The lowest BCUT2D eigenvalue weighted by Gasteiger charge is -2.19.